The second-order valence-electron chi connectivity index (χ2n) is 4.15. The Balaban J connectivity index is 2.39. The predicted molar refractivity (Wildman–Crippen MR) is 56.7 cm³/mol. The minimum atomic E-state index is -2.05. The van der Waals surface area contributed by atoms with E-state index in [1.165, 1.54) is 0 Å². The van der Waals surface area contributed by atoms with Crippen molar-refractivity contribution in [3.05, 3.63) is 0 Å². The Morgan fingerprint density at radius 1 is 1.38 bits per heavy atom. The second kappa shape index (κ2) is 5.90. The number of nitrogens with one attached hydrogen (secondary N) is 1. The van der Waals surface area contributed by atoms with Gasteiger partial charge in [-0.25, -0.2) is 0 Å². The zero-order valence-electron chi connectivity index (χ0n) is 9.46. The minimum Gasteiger partial charge on any atom is -0.391 e. The molecular weight excluding hydrogens is 214 g/mol. The van der Waals surface area contributed by atoms with E-state index in [1.807, 2.05) is 0 Å². The van der Waals surface area contributed by atoms with Crippen molar-refractivity contribution in [3.8, 4) is 0 Å². The maximum atomic E-state index is 9.60. The molecule has 0 amide bonds. The third kappa shape index (κ3) is 2.91. The van der Waals surface area contributed by atoms with Crippen LogP contribution in [0.2, 0.25) is 0 Å². The van der Waals surface area contributed by atoms with Crippen molar-refractivity contribution in [2.45, 2.75) is 43.9 Å². The molecule has 16 heavy (non-hydrogen) atoms. The van der Waals surface area contributed by atoms with Crippen molar-refractivity contribution in [3.63, 3.8) is 0 Å². The fourth-order valence-electron chi connectivity index (χ4n) is 1.71. The summed E-state index contributed by atoms with van der Waals surface area (Å²) in [6.07, 6.45) is -1.30. The van der Waals surface area contributed by atoms with Crippen LogP contribution >= 0.6 is 0 Å². The van der Waals surface area contributed by atoms with Gasteiger partial charge in [-0.1, -0.05) is 13.3 Å². The number of aliphatic hydroxyl groups is 4. The average Bonchev–Trinajstić information content (AvgIpc) is 2.50. The second-order valence-corrected chi connectivity index (χ2v) is 4.15. The molecular formula is C10H21NO5. The van der Waals surface area contributed by atoms with Crippen LogP contribution in [-0.2, 0) is 4.74 Å². The van der Waals surface area contributed by atoms with Gasteiger partial charge in [0.15, 0.2) is 0 Å². The third-order valence-corrected chi connectivity index (χ3v) is 2.80. The molecule has 1 rings (SSSR count). The SMILES string of the molecule is CCCCNC[C@H]1OC(O)(CO)[C@@H](O)[C@@H]1O. The fraction of sp³-hybridized carbons (Fsp3) is 1.00. The number of unbranched alkanes of at least 4 members (excludes halogenated alkanes) is 1. The van der Waals surface area contributed by atoms with Crippen LogP contribution in [0.4, 0.5) is 0 Å². The number of aliphatic hydroxyl groups excluding tert-OH is 3. The molecule has 1 unspecified atom stereocenters. The molecule has 6 heteroatoms. The summed E-state index contributed by atoms with van der Waals surface area (Å²) in [5.41, 5.74) is 0. The van der Waals surface area contributed by atoms with Gasteiger partial charge in [0.05, 0.1) is 6.61 Å². The van der Waals surface area contributed by atoms with Crippen LogP contribution in [-0.4, -0.2) is 64.2 Å². The molecule has 1 heterocycles. The number of rotatable bonds is 6. The summed E-state index contributed by atoms with van der Waals surface area (Å²) >= 11 is 0. The molecule has 0 spiro atoms. The zero-order chi connectivity index (χ0) is 12.2. The molecule has 96 valence electrons. The maximum absolute atomic E-state index is 9.60. The van der Waals surface area contributed by atoms with Crippen LogP contribution in [0, 0.1) is 0 Å². The lowest BCUT2D eigenvalue weighted by atomic mass is 10.1. The van der Waals surface area contributed by atoms with E-state index in [9.17, 15) is 15.3 Å². The quantitative estimate of drug-likeness (QED) is 0.347. The van der Waals surface area contributed by atoms with Crippen molar-refractivity contribution in [1.82, 2.24) is 5.32 Å². The molecule has 0 saturated carbocycles. The molecule has 0 aliphatic carbocycles. The summed E-state index contributed by atoms with van der Waals surface area (Å²) in [5, 5.41) is 40.6. The first kappa shape index (κ1) is 13.8. The monoisotopic (exact) mass is 235 g/mol. The van der Waals surface area contributed by atoms with E-state index in [0.29, 0.717) is 6.54 Å². The summed E-state index contributed by atoms with van der Waals surface area (Å²) < 4.78 is 5.05. The van der Waals surface area contributed by atoms with Gasteiger partial charge < -0.3 is 30.5 Å². The molecule has 1 aliphatic rings. The Morgan fingerprint density at radius 3 is 2.56 bits per heavy atom. The lowest BCUT2D eigenvalue weighted by molar-refractivity contribution is -0.245. The standard InChI is InChI=1S/C10H21NO5/c1-2-3-4-11-5-7-8(13)9(14)10(15,6-12)16-7/h7-9,11-15H,2-6H2,1H3/t7-,8-,9+,10?/m1/s1. The smallest absolute Gasteiger partial charge is 0.219 e. The van der Waals surface area contributed by atoms with E-state index in [-0.39, 0.29) is 0 Å². The Labute approximate surface area is 94.9 Å². The van der Waals surface area contributed by atoms with Crippen molar-refractivity contribution < 1.29 is 25.2 Å². The summed E-state index contributed by atoms with van der Waals surface area (Å²) in [6, 6.07) is 0. The van der Waals surface area contributed by atoms with Gasteiger partial charge >= 0.3 is 0 Å². The van der Waals surface area contributed by atoms with E-state index in [1.54, 1.807) is 0 Å². The molecule has 5 N–H and O–H groups in total. The van der Waals surface area contributed by atoms with Gasteiger partial charge in [-0.2, -0.15) is 0 Å². The van der Waals surface area contributed by atoms with Crippen molar-refractivity contribution in [2.75, 3.05) is 19.7 Å². The van der Waals surface area contributed by atoms with Crippen LogP contribution < -0.4 is 5.32 Å². The van der Waals surface area contributed by atoms with Crippen LogP contribution in [0.1, 0.15) is 19.8 Å². The highest BCUT2D eigenvalue weighted by Gasteiger charge is 2.52. The third-order valence-electron chi connectivity index (χ3n) is 2.80. The van der Waals surface area contributed by atoms with Gasteiger partial charge in [-0.15, -0.1) is 0 Å². The molecule has 0 bridgehead atoms. The van der Waals surface area contributed by atoms with E-state index >= 15 is 0 Å². The first-order valence-electron chi connectivity index (χ1n) is 5.63. The summed E-state index contributed by atoms with van der Waals surface area (Å²) in [6.45, 7) is 2.45. The number of ether oxygens (including phenoxy) is 1. The average molecular weight is 235 g/mol. The van der Waals surface area contributed by atoms with E-state index in [0.717, 1.165) is 19.4 Å². The van der Waals surface area contributed by atoms with Gasteiger partial charge in [0.2, 0.25) is 5.79 Å². The summed E-state index contributed by atoms with van der Waals surface area (Å²) in [4.78, 5) is 0. The zero-order valence-corrected chi connectivity index (χ0v) is 9.46. The highest BCUT2D eigenvalue weighted by molar-refractivity contribution is 4.95. The lowest BCUT2D eigenvalue weighted by Crippen LogP contribution is -2.46. The van der Waals surface area contributed by atoms with Crippen molar-refractivity contribution in [2.24, 2.45) is 0 Å². The Kier molecular flexibility index (Phi) is 5.10. The maximum Gasteiger partial charge on any atom is 0.219 e. The molecule has 4 atom stereocenters. The minimum absolute atomic E-state index is 0.334. The predicted octanol–water partition coefficient (Wildman–Crippen LogP) is -1.82. The Bertz CT molecular complexity index is 215. The normalized spacial score (nSPS) is 39.2. The Morgan fingerprint density at radius 2 is 2.06 bits per heavy atom. The van der Waals surface area contributed by atoms with Crippen molar-refractivity contribution >= 4 is 0 Å². The van der Waals surface area contributed by atoms with E-state index in [4.69, 9.17) is 9.84 Å². The van der Waals surface area contributed by atoms with Crippen molar-refractivity contribution in [1.29, 1.82) is 0 Å². The molecule has 1 fully saturated rings. The fourth-order valence-corrected chi connectivity index (χ4v) is 1.71. The Hall–Kier alpha value is -0.240. The van der Waals surface area contributed by atoms with Crippen LogP contribution in [0.15, 0.2) is 0 Å². The highest BCUT2D eigenvalue weighted by atomic mass is 16.7. The largest absolute Gasteiger partial charge is 0.391 e. The molecule has 1 saturated heterocycles. The van der Waals surface area contributed by atoms with Gasteiger partial charge in [0.1, 0.15) is 18.3 Å². The lowest BCUT2D eigenvalue weighted by Gasteiger charge is -2.22. The summed E-state index contributed by atoms with van der Waals surface area (Å²) in [5.74, 6) is -2.05. The van der Waals surface area contributed by atoms with Crippen LogP contribution in [0.25, 0.3) is 0 Å². The number of hydrogen-bond donors (Lipinski definition) is 5. The topological polar surface area (TPSA) is 102 Å². The van der Waals surface area contributed by atoms with Crippen LogP contribution in [0.5, 0.6) is 0 Å². The van der Waals surface area contributed by atoms with E-state index < -0.39 is 30.7 Å². The molecule has 0 aromatic rings. The number of hydrogen-bond acceptors (Lipinski definition) is 6. The van der Waals surface area contributed by atoms with Gasteiger partial charge in [0, 0.05) is 6.54 Å². The molecule has 1 aliphatic heterocycles. The molecule has 6 nitrogen and oxygen atoms in total. The van der Waals surface area contributed by atoms with Gasteiger partial charge in [-0.3, -0.25) is 0 Å². The first-order chi connectivity index (χ1) is 7.55. The van der Waals surface area contributed by atoms with Crippen LogP contribution in [0.3, 0.4) is 0 Å². The highest BCUT2D eigenvalue weighted by Crippen LogP contribution is 2.28. The first-order valence-corrected chi connectivity index (χ1v) is 5.63. The molecule has 0 aromatic heterocycles. The van der Waals surface area contributed by atoms with Gasteiger partial charge in [-0.05, 0) is 13.0 Å². The molecule has 0 radical (unpaired) electrons. The molecule has 0 aromatic carbocycles. The summed E-state index contributed by atoms with van der Waals surface area (Å²) in [7, 11) is 0. The van der Waals surface area contributed by atoms with Gasteiger partial charge in [0.25, 0.3) is 0 Å². The van der Waals surface area contributed by atoms with E-state index in [2.05, 4.69) is 12.2 Å².